The van der Waals surface area contributed by atoms with Crippen LogP contribution in [0.15, 0.2) is 53.0 Å². The Balaban J connectivity index is 1.76. The lowest BCUT2D eigenvalue weighted by Crippen LogP contribution is -2.24. The van der Waals surface area contributed by atoms with E-state index >= 15 is 0 Å². The van der Waals surface area contributed by atoms with Gasteiger partial charge in [-0.1, -0.05) is 45.7 Å². The van der Waals surface area contributed by atoms with Gasteiger partial charge in [-0.25, -0.2) is 0 Å². The van der Waals surface area contributed by atoms with E-state index < -0.39 is 0 Å². The summed E-state index contributed by atoms with van der Waals surface area (Å²) < 4.78 is 6.70. The molecule has 0 amide bonds. The van der Waals surface area contributed by atoms with Gasteiger partial charge < -0.3 is 10.1 Å². The molecule has 0 aliphatic rings. The second kappa shape index (κ2) is 7.67. The molecule has 1 atom stereocenters. The number of nitrogens with one attached hydrogen (secondary N) is 1. The first-order valence-electron chi connectivity index (χ1n) is 6.52. The third-order valence-electron chi connectivity index (χ3n) is 2.97. The maximum Gasteiger partial charge on any atom is 0.120 e. The van der Waals surface area contributed by atoms with Crippen molar-refractivity contribution in [3.63, 3.8) is 0 Å². The number of benzene rings is 2. The molecule has 0 fully saturated rings. The van der Waals surface area contributed by atoms with Crippen molar-refractivity contribution in [2.24, 2.45) is 0 Å². The summed E-state index contributed by atoms with van der Waals surface area (Å²) in [5.74, 6) is 0.872. The van der Waals surface area contributed by atoms with E-state index in [0.29, 0.717) is 6.61 Å². The molecular weight excluding hydrogens is 338 g/mol. The lowest BCUT2D eigenvalue weighted by molar-refractivity contribution is 0.307. The Hall–Kier alpha value is -1.03. The third-order valence-corrected chi connectivity index (χ3v) is 3.69. The van der Waals surface area contributed by atoms with E-state index in [1.807, 2.05) is 42.5 Å². The van der Waals surface area contributed by atoms with Gasteiger partial charge in [0.2, 0.25) is 0 Å². The first-order valence-corrected chi connectivity index (χ1v) is 7.69. The highest BCUT2D eigenvalue weighted by Gasteiger charge is 2.04. The second-order valence-corrected chi connectivity index (χ2v) is 5.89. The standard InChI is InChI=1S/C16H17BrClNO/c1-12(13-4-2-6-15(18)10-13)19-8-9-20-16-7-3-5-14(17)11-16/h2-7,10-12,19H,8-9H2,1H3/t12-/m0/s1. The van der Waals surface area contributed by atoms with Crippen molar-refractivity contribution >= 4 is 27.5 Å². The zero-order chi connectivity index (χ0) is 14.4. The minimum Gasteiger partial charge on any atom is -0.492 e. The SMILES string of the molecule is C[C@H](NCCOc1cccc(Br)c1)c1cccc(Cl)c1. The topological polar surface area (TPSA) is 21.3 Å². The van der Waals surface area contributed by atoms with E-state index in [4.69, 9.17) is 16.3 Å². The molecule has 106 valence electrons. The van der Waals surface area contributed by atoms with Gasteiger partial charge in [0.05, 0.1) is 0 Å². The van der Waals surface area contributed by atoms with E-state index in [1.165, 1.54) is 5.56 Å². The molecule has 0 aromatic heterocycles. The molecule has 0 aliphatic heterocycles. The fourth-order valence-corrected chi connectivity index (χ4v) is 2.47. The maximum atomic E-state index is 5.99. The summed E-state index contributed by atoms with van der Waals surface area (Å²) in [6.45, 7) is 3.52. The first kappa shape index (κ1) is 15.4. The number of halogens is 2. The number of hydrogen-bond acceptors (Lipinski definition) is 2. The molecule has 20 heavy (non-hydrogen) atoms. The van der Waals surface area contributed by atoms with Crippen molar-refractivity contribution in [1.82, 2.24) is 5.32 Å². The van der Waals surface area contributed by atoms with Crippen molar-refractivity contribution in [3.8, 4) is 5.75 Å². The van der Waals surface area contributed by atoms with Crippen molar-refractivity contribution in [3.05, 3.63) is 63.6 Å². The molecule has 1 N–H and O–H groups in total. The summed E-state index contributed by atoms with van der Waals surface area (Å²) in [6, 6.07) is 16.0. The Morgan fingerprint density at radius 2 is 2.00 bits per heavy atom. The quantitative estimate of drug-likeness (QED) is 0.750. The minimum absolute atomic E-state index is 0.250. The van der Waals surface area contributed by atoms with Crippen LogP contribution in [0.3, 0.4) is 0 Å². The Morgan fingerprint density at radius 1 is 1.20 bits per heavy atom. The smallest absolute Gasteiger partial charge is 0.120 e. The Bertz CT molecular complexity index is 562. The van der Waals surface area contributed by atoms with E-state index in [9.17, 15) is 0 Å². The predicted molar refractivity (Wildman–Crippen MR) is 87.5 cm³/mol. The van der Waals surface area contributed by atoms with E-state index in [0.717, 1.165) is 21.8 Å². The van der Waals surface area contributed by atoms with E-state index in [1.54, 1.807) is 0 Å². The summed E-state index contributed by atoms with van der Waals surface area (Å²) in [5.41, 5.74) is 1.18. The average molecular weight is 355 g/mol. The Kier molecular flexibility index (Phi) is 5.89. The van der Waals surface area contributed by atoms with Crippen LogP contribution >= 0.6 is 27.5 Å². The highest BCUT2D eigenvalue weighted by atomic mass is 79.9. The van der Waals surface area contributed by atoms with Gasteiger partial charge >= 0.3 is 0 Å². The monoisotopic (exact) mass is 353 g/mol. The highest BCUT2D eigenvalue weighted by molar-refractivity contribution is 9.10. The summed E-state index contributed by atoms with van der Waals surface area (Å²) in [4.78, 5) is 0. The van der Waals surface area contributed by atoms with E-state index in [-0.39, 0.29) is 6.04 Å². The molecule has 4 heteroatoms. The van der Waals surface area contributed by atoms with Crippen molar-refractivity contribution in [1.29, 1.82) is 0 Å². The van der Waals surface area contributed by atoms with Crippen LogP contribution in [0.5, 0.6) is 5.75 Å². The van der Waals surface area contributed by atoms with Crippen molar-refractivity contribution < 1.29 is 4.74 Å². The van der Waals surface area contributed by atoms with Crippen LogP contribution in [-0.2, 0) is 0 Å². The van der Waals surface area contributed by atoms with Crippen molar-refractivity contribution in [2.75, 3.05) is 13.2 Å². The van der Waals surface area contributed by atoms with Gasteiger partial charge in [-0.15, -0.1) is 0 Å². The Labute approximate surface area is 133 Å². The molecule has 2 aromatic rings. The van der Waals surface area contributed by atoms with Gasteiger partial charge in [-0.05, 0) is 42.8 Å². The van der Waals surface area contributed by atoms with Crippen LogP contribution in [-0.4, -0.2) is 13.2 Å². The zero-order valence-corrected chi connectivity index (χ0v) is 13.6. The summed E-state index contributed by atoms with van der Waals surface area (Å²) in [7, 11) is 0. The fourth-order valence-electron chi connectivity index (χ4n) is 1.89. The predicted octanol–water partition coefficient (Wildman–Crippen LogP) is 4.83. The first-order chi connectivity index (χ1) is 9.65. The van der Waals surface area contributed by atoms with Crippen LogP contribution in [0, 0.1) is 0 Å². The van der Waals surface area contributed by atoms with Gasteiger partial charge in [0, 0.05) is 22.1 Å². The molecule has 2 nitrogen and oxygen atoms in total. The summed E-state index contributed by atoms with van der Waals surface area (Å²) in [5, 5.41) is 4.18. The molecule has 2 rings (SSSR count). The summed E-state index contributed by atoms with van der Waals surface area (Å²) >= 11 is 9.41. The fraction of sp³-hybridized carbons (Fsp3) is 0.250. The molecule has 2 aromatic carbocycles. The largest absolute Gasteiger partial charge is 0.492 e. The van der Waals surface area contributed by atoms with Crippen LogP contribution in [0.2, 0.25) is 5.02 Å². The van der Waals surface area contributed by atoms with Gasteiger partial charge in [0.15, 0.2) is 0 Å². The van der Waals surface area contributed by atoms with Crippen LogP contribution in [0.25, 0.3) is 0 Å². The molecule has 0 saturated carbocycles. The molecule has 0 unspecified atom stereocenters. The lowest BCUT2D eigenvalue weighted by atomic mass is 10.1. The molecule has 0 aliphatic carbocycles. The number of rotatable bonds is 6. The maximum absolute atomic E-state index is 5.99. The van der Waals surface area contributed by atoms with Gasteiger partial charge in [0.25, 0.3) is 0 Å². The lowest BCUT2D eigenvalue weighted by Gasteiger charge is -2.15. The van der Waals surface area contributed by atoms with Crippen LogP contribution in [0.4, 0.5) is 0 Å². The second-order valence-electron chi connectivity index (χ2n) is 4.54. The summed E-state index contributed by atoms with van der Waals surface area (Å²) in [6.07, 6.45) is 0. The highest BCUT2D eigenvalue weighted by Crippen LogP contribution is 2.18. The van der Waals surface area contributed by atoms with Gasteiger partial charge in [-0.2, -0.15) is 0 Å². The van der Waals surface area contributed by atoms with Gasteiger partial charge in [-0.3, -0.25) is 0 Å². The molecule has 0 saturated heterocycles. The molecule has 0 heterocycles. The number of hydrogen-bond donors (Lipinski definition) is 1. The molecule has 0 radical (unpaired) electrons. The average Bonchev–Trinajstić information content (AvgIpc) is 2.43. The van der Waals surface area contributed by atoms with Crippen LogP contribution in [0.1, 0.15) is 18.5 Å². The number of ether oxygens (including phenoxy) is 1. The normalized spacial score (nSPS) is 12.2. The Morgan fingerprint density at radius 3 is 2.75 bits per heavy atom. The van der Waals surface area contributed by atoms with Gasteiger partial charge in [0.1, 0.15) is 12.4 Å². The molecule has 0 bridgehead atoms. The minimum atomic E-state index is 0.250. The van der Waals surface area contributed by atoms with Crippen LogP contribution < -0.4 is 10.1 Å². The van der Waals surface area contributed by atoms with Crippen molar-refractivity contribution in [2.45, 2.75) is 13.0 Å². The van der Waals surface area contributed by atoms with E-state index in [2.05, 4.69) is 34.2 Å². The third kappa shape index (κ3) is 4.82. The molecule has 0 spiro atoms. The zero-order valence-electron chi connectivity index (χ0n) is 11.3. The molecular formula is C16H17BrClNO.